The minimum Gasteiger partial charge on any atom is -0.462 e. The highest BCUT2D eigenvalue weighted by Gasteiger charge is 2.28. The predicted molar refractivity (Wildman–Crippen MR) is 343 cm³/mol. The van der Waals surface area contributed by atoms with E-state index in [9.17, 15) is 28.9 Å². The number of esters is 3. The SMILES string of the molecule is CC/C=C\C/C=C\C/C=C\C/C=C\C/C=C\CCCCCC(=O)OC(COC(=O)CCCCCCCCC/C=C\C/C=C\C/C=C\CC)COP(=O)(O)OCC(CO)OC(=O)CCCCCCCC/C=C\C/C=C\C/C=C\CCCCC. The maximum Gasteiger partial charge on any atom is 0.472 e. The lowest BCUT2D eigenvalue weighted by molar-refractivity contribution is -0.161. The Labute approximate surface area is 500 Å². The van der Waals surface area contributed by atoms with Gasteiger partial charge in [0.25, 0.3) is 0 Å². The van der Waals surface area contributed by atoms with E-state index in [1.807, 2.05) is 0 Å². The van der Waals surface area contributed by atoms with Crippen LogP contribution in [0.25, 0.3) is 0 Å². The Morgan fingerprint density at radius 3 is 0.988 bits per heavy atom. The molecule has 0 amide bonds. The van der Waals surface area contributed by atoms with Gasteiger partial charge < -0.3 is 24.2 Å². The summed E-state index contributed by atoms with van der Waals surface area (Å²) in [5.41, 5.74) is 0. The van der Waals surface area contributed by atoms with Crippen LogP contribution in [0.4, 0.5) is 0 Å². The second-order valence-corrected chi connectivity index (χ2v) is 22.3. The van der Waals surface area contributed by atoms with Gasteiger partial charge in [0, 0.05) is 19.3 Å². The molecular formula is C70H115O11P. The number of rotatable bonds is 58. The number of hydrogen-bond acceptors (Lipinski definition) is 10. The summed E-state index contributed by atoms with van der Waals surface area (Å²) in [6, 6.07) is 0. The summed E-state index contributed by atoms with van der Waals surface area (Å²) in [7, 11) is -4.78. The maximum absolute atomic E-state index is 13.0. The summed E-state index contributed by atoms with van der Waals surface area (Å²) in [5.74, 6) is -1.54. The third-order valence-corrected chi connectivity index (χ3v) is 14.0. The van der Waals surface area contributed by atoms with Gasteiger partial charge in [-0.05, 0) is 135 Å². The van der Waals surface area contributed by atoms with E-state index in [2.05, 4.69) is 154 Å². The first-order chi connectivity index (χ1) is 40.2. The number of phosphoric ester groups is 1. The highest BCUT2D eigenvalue weighted by Crippen LogP contribution is 2.43. The number of carbonyl (C=O) groups excluding carboxylic acids is 3. The lowest BCUT2D eigenvalue weighted by Crippen LogP contribution is -2.30. The van der Waals surface area contributed by atoms with E-state index in [0.29, 0.717) is 19.3 Å². The highest BCUT2D eigenvalue weighted by atomic mass is 31.2. The Bertz CT molecular complexity index is 1890. The minimum atomic E-state index is -4.78. The van der Waals surface area contributed by atoms with Gasteiger partial charge in [0.1, 0.15) is 12.7 Å². The van der Waals surface area contributed by atoms with E-state index in [1.165, 1.54) is 38.5 Å². The fourth-order valence-corrected chi connectivity index (χ4v) is 9.01. The Morgan fingerprint density at radius 2 is 0.634 bits per heavy atom. The number of carbonyl (C=O) groups is 3. The summed E-state index contributed by atoms with van der Waals surface area (Å²) in [5, 5.41) is 9.86. The zero-order chi connectivity index (χ0) is 59.8. The van der Waals surface area contributed by atoms with Gasteiger partial charge in [-0.1, -0.05) is 231 Å². The van der Waals surface area contributed by atoms with Crippen molar-refractivity contribution in [2.24, 2.45) is 0 Å². The molecule has 0 aliphatic heterocycles. The molecule has 0 fully saturated rings. The fourth-order valence-electron chi connectivity index (χ4n) is 8.23. The van der Waals surface area contributed by atoms with Crippen LogP contribution in [0.3, 0.4) is 0 Å². The summed E-state index contributed by atoms with van der Waals surface area (Å²) >= 11 is 0. The second-order valence-electron chi connectivity index (χ2n) is 20.8. The molecule has 3 atom stereocenters. The van der Waals surface area contributed by atoms with Crippen molar-refractivity contribution in [3.63, 3.8) is 0 Å². The van der Waals surface area contributed by atoms with Crippen molar-refractivity contribution in [2.45, 2.75) is 264 Å². The molecule has 12 heteroatoms. The monoisotopic (exact) mass is 1160 g/mol. The first kappa shape index (κ1) is 77.6. The van der Waals surface area contributed by atoms with Crippen LogP contribution in [-0.4, -0.2) is 66.5 Å². The Hall–Kier alpha value is -4.38. The van der Waals surface area contributed by atoms with E-state index in [-0.39, 0.29) is 25.9 Å². The van der Waals surface area contributed by atoms with Crippen molar-refractivity contribution in [1.29, 1.82) is 0 Å². The Morgan fingerprint density at radius 1 is 0.354 bits per heavy atom. The van der Waals surface area contributed by atoms with Gasteiger partial charge in [0.2, 0.25) is 0 Å². The topological polar surface area (TPSA) is 155 Å². The van der Waals surface area contributed by atoms with Crippen LogP contribution in [0, 0.1) is 0 Å². The number of aliphatic hydroxyl groups excluding tert-OH is 1. The molecule has 2 N–H and O–H groups in total. The first-order valence-corrected chi connectivity index (χ1v) is 33.6. The number of unbranched alkanes of at least 4 members (excludes halogenated alkanes) is 19. The van der Waals surface area contributed by atoms with Crippen molar-refractivity contribution in [2.75, 3.05) is 26.4 Å². The molecular weight excluding hydrogens is 1050 g/mol. The van der Waals surface area contributed by atoms with Crippen molar-refractivity contribution >= 4 is 25.7 Å². The van der Waals surface area contributed by atoms with Crippen LogP contribution in [0.2, 0.25) is 0 Å². The molecule has 0 radical (unpaired) electrons. The quantitative estimate of drug-likeness (QED) is 0.0197. The standard InChI is InChI=1S/C70H115O11P/c1-4-7-10-13-16-19-22-25-28-31-33-36-39-42-45-48-51-54-57-60-69(73)80-66(62-71)64-78-82(75,76)79-65-67(63-77-68(72)59-56-53-50-47-44-41-38-35-30-27-24-21-18-15-12-9-6-3)81-70(74)61-58-55-52-49-46-43-40-37-34-32-29-26-23-20-17-14-11-8-5-2/h8-9,11-12,16-21,25-30,33-34,36-37,43,46,66-67,71H,4-7,10,13-15,22-24,31-32,35,38-42,44-45,47-65H2,1-3H3,(H,75,76)/b11-8-,12-9-,19-16-,20-17-,21-18-,28-25-,29-26-,30-27-,36-33-,37-34-,46-43-. The molecule has 0 aromatic heterocycles. The second kappa shape index (κ2) is 62.7. The number of hydrogen-bond donors (Lipinski definition) is 2. The van der Waals surface area contributed by atoms with Crippen molar-refractivity contribution in [1.82, 2.24) is 0 Å². The number of allylic oxidation sites excluding steroid dienone is 22. The molecule has 0 aromatic rings. The number of ether oxygens (including phenoxy) is 3. The molecule has 0 bridgehead atoms. The Kier molecular flexibility index (Phi) is 59.3. The van der Waals surface area contributed by atoms with Crippen LogP contribution in [-0.2, 0) is 42.2 Å². The van der Waals surface area contributed by atoms with Crippen LogP contribution < -0.4 is 0 Å². The number of aliphatic hydroxyl groups is 1. The van der Waals surface area contributed by atoms with E-state index in [4.69, 9.17) is 23.3 Å². The van der Waals surface area contributed by atoms with Gasteiger partial charge in [-0.2, -0.15) is 0 Å². The van der Waals surface area contributed by atoms with Crippen LogP contribution in [0.15, 0.2) is 134 Å². The molecule has 3 unspecified atom stereocenters. The van der Waals surface area contributed by atoms with E-state index in [1.54, 1.807) is 0 Å². The average Bonchev–Trinajstić information content (AvgIpc) is 3.50. The summed E-state index contributed by atoms with van der Waals surface area (Å²) < 4.78 is 39.7. The minimum absolute atomic E-state index is 0.118. The van der Waals surface area contributed by atoms with Crippen molar-refractivity contribution in [3.05, 3.63) is 134 Å². The summed E-state index contributed by atoms with van der Waals surface area (Å²) in [4.78, 5) is 48.8. The third kappa shape index (κ3) is 60.2. The molecule has 0 aliphatic rings. The van der Waals surface area contributed by atoms with Gasteiger partial charge in [-0.3, -0.25) is 23.4 Å². The van der Waals surface area contributed by atoms with Crippen LogP contribution in [0.5, 0.6) is 0 Å². The maximum atomic E-state index is 13.0. The first-order valence-electron chi connectivity index (χ1n) is 32.1. The molecule has 0 rings (SSSR count). The van der Waals surface area contributed by atoms with E-state index >= 15 is 0 Å². The summed E-state index contributed by atoms with van der Waals surface area (Å²) in [6.07, 6.45) is 79.7. The molecule has 466 valence electrons. The predicted octanol–water partition coefficient (Wildman–Crippen LogP) is 19.7. The zero-order valence-corrected chi connectivity index (χ0v) is 52.6. The van der Waals surface area contributed by atoms with Crippen molar-refractivity contribution < 1.29 is 52.2 Å². The molecule has 0 aliphatic carbocycles. The molecule has 82 heavy (non-hydrogen) atoms. The van der Waals surface area contributed by atoms with Crippen molar-refractivity contribution in [3.8, 4) is 0 Å². The fraction of sp³-hybridized carbons (Fsp3) is 0.643. The molecule has 0 saturated heterocycles. The molecule has 0 heterocycles. The largest absolute Gasteiger partial charge is 0.472 e. The van der Waals surface area contributed by atoms with Gasteiger partial charge in [0.05, 0.1) is 19.8 Å². The molecule has 0 saturated carbocycles. The highest BCUT2D eigenvalue weighted by molar-refractivity contribution is 7.47. The third-order valence-electron chi connectivity index (χ3n) is 13.0. The molecule has 0 spiro atoms. The van der Waals surface area contributed by atoms with Gasteiger partial charge >= 0.3 is 25.7 Å². The smallest absolute Gasteiger partial charge is 0.462 e. The van der Waals surface area contributed by atoms with Crippen LogP contribution in [0.1, 0.15) is 252 Å². The lowest BCUT2D eigenvalue weighted by Gasteiger charge is -2.21. The molecule has 11 nitrogen and oxygen atoms in total. The number of phosphoric acid groups is 1. The molecule has 0 aromatic carbocycles. The van der Waals surface area contributed by atoms with E-state index < -0.39 is 57.8 Å². The van der Waals surface area contributed by atoms with Gasteiger partial charge in [-0.15, -0.1) is 0 Å². The van der Waals surface area contributed by atoms with Gasteiger partial charge in [0.15, 0.2) is 6.10 Å². The normalized spacial score (nSPS) is 14.2. The van der Waals surface area contributed by atoms with Crippen LogP contribution >= 0.6 is 7.82 Å². The lowest BCUT2D eigenvalue weighted by atomic mass is 10.1. The zero-order valence-electron chi connectivity index (χ0n) is 51.7. The average molecular weight is 1160 g/mol. The van der Waals surface area contributed by atoms with Gasteiger partial charge in [-0.25, -0.2) is 4.57 Å². The Balaban J connectivity index is 4.79. The van der Waals surface area contributed by atoms with E-state index in [0.717, 1.165) is 154 Å². The summed E-state index contributed by atoms with van der Waals surface area (Å²) in [6.45, 7) is 4.34.